The van der Waals surface area contributed by atoms with E-state index < -0.39 is 0 Å². The summed E-state index contributed by atoms with van der Waals surface area (Å²) in [6.45, 7) is 6.36. The van der Waals surface area contributed by atoms with Crippen molar-refractivity contribution in [2.45, 2.75) is 45.0 Å². The second-order valence-corrected chi connectivity index (χ2v) is 5.38. The molecule has 4 atom stereocenters. The Morgan fingerprint density at radius 3 is 2.62 bits per heavy atom. The van der Waals surface area contributed by atoms with Crippen molar-refractivity contribution in [2.75, 3.05) is 5.32 Å². The summed E-state index contributed by atoms with van der Waals surface area (Å²) in [5, 5.41) is 10.9. The average molecular weight is 244 g/mol. The third-order valence-corrected chi connectivity index (χ3v) is 3.74. The zero-order valence-corrected chi connectivity index (χ0v) is 10.7. The monoisotopic (exact) mass is 243 g/mol. The van der Waals surface area contributed by atoms with Crippen molar-refractivity contribution < 1.29 is 4.42 Å². The van der Waals surface area contributed by atoms with E-state index in [1.54, 1.807) is 0 Å². The lowest BCUT2D eigenvalue weighted by atomic mass is 9.98. The summed E-state index contributed by atoms with van der Waals surface area (Å²) in [5.74, 6) is 1.87. The van der Waals surface area contributed by atoms with Crippen molar-refractivity contribution in [3.05, 3.63) is 5.89 Å². The van der Waals surface area contributed by atoms with Gasteiger partial charge in [0.25, 0.3) is 0 Å². The number of hydrogen-bond acceptors (Lipinski definition) is 4. The highest BCUT2D eigenvalue weighted by Gasteiger charge is 2.30. The van der Waals surface area contributed by atoms with Crippen molar-refractivity contribution in [3.8, 4) is 0 Å². The van der Waals surface area contributed by atoms with E-state index in [1.165, 1.54) is 6.42 Å². The zero-order valence-electron chi connectivity index (χ0n) is 9.90. The normalized spacial score (nSPS) is 31.6. The van der Waals surface area contributed by atoms with Crippen LogP contribution in [0.25, 0.3) is 0 Å². The largest absolute Gasteiger partial charge is 0.406 e. The number of alkyl halides is 1. The molecule has 90 valence electrons. The van der Waals surface area contributed by atoms with Crippen LogP contribution in [0.3, 0.4) is 0 Å². The van der Waals surface area contributed by atoms with Gasteiger partial charge in [0.1, 0.15) is 5.38 Å². The van der Waals surface area contributed by atoms with Crippen molar-refractivity contribution in [3.63, 3.8) is 0 Å². The van der Waals surface area contributed by atoms with Gasteiger partial charge in [0.05, 0.1) is 0 Å². The fraction of sp³-hybridized carbons (Fsp3) is 0.818. The Bertz CT molecular complexity index is 353. The van der Waals surface area contributed by atoms with Crippen molar-refractivity contribution in [1.82, 2.24) is 10.2 Å². The van der Waals surface area contributed by atoms with E-state index in [4.69, 9.17) is 16.0 Å². The molecule has 1 aromatic rings. The fourth-order valence-corrected chi connectivity index (χ4v) is 2.27. The summed E-state index contributed by atoms with van der Waals surface area (Å²) >= 11 is 5.86. The molecule has 0 amide bonds. The van der Waals surface area contributed by atoms with E-state index in [0.29, 0.717) is 23.9 Å². The maximum Gasteiger partial charge on any atom is 0.315 e. The Hall–Kier alpha value is -0.770. The van der Waals surface area contributed by atoms with Crippen molar-refractivity contribution >= 4 is 17.6 Å². The molecular weight excluding hydrogens is 226 g/mol. The third-order valence-electron chi connectivity index (χ3n) is 3.56. The highest BCUT2D eigenvalue weighted by Crippen LogP contribution is 2.33. The second-order valence-electron chi connectivity index (χ2n) is 4.73. The quantitative estimate of drug-likeness (QED) is 0.829. The van der Waals surface area contributed by atoms with Crippen LogP contribution >= 0.6 is 11.6 Å². The van der Waals surface area contributed by atoms with E-state index in [1.807, 2.05) is 6.92 Å². The Morgan fingerprint density at radius 2 is 2.12 bits per heavy atom. The van der Waals surface area contributed by atoms with E-state index in [0.717, 1.165) is 12.3 Å². The maximum absolute atomic E-state index is 5.86. The lowest BCUT2D eigenvalue weighted by Gasteiger charge is -2.17. The topological polar surface area (TPSA) is 51.0 Å². The first-order chi connectivity index (χ1) is 7.58. The van der Waals surface area contributed by atoms with Crippen LogP contribution in [0.4, 0.5) is 6.01 Å². The lowest BCUT2D eigenvalue weighted by molar-refractivity contribution is 0.424. The molecule has 0 aromatic carbocycles. The zero-order chi connectivity index (χ0) is 11.7. The first-order valence-corrected chi connectivity index (χ1v) is 6.25. The van der Waals surface area contributed by atoms with Gasteiger partial charge in [0, 0.05) is 6.04 Å². The Balaban J connectivity index is 1.98. The number of anilines is 1. The first kappa shape index (κ1) is 11.7. The molecule has 4 unspecified atom stereocenters. The van der Waals surface area contributed by atoms with Crippen LogP contribution in [0.15, 0.2) is 4.42 Å². The minimum Gasteiger partial charge on any atom is -0.406 e. The van der Waals surface area contributed by atoms with Crippen LogP contribution < -0.4 is 5.32 Å². The smallest absolute Gasteiger partial charge is 0.315 e. The van der Waals surface area contributed by atoms with Gasteiger partial charge in [0.15, 0.2) is 0 Å². The van der Waals surface area contributed by atoms with E-state index in [-0.39, 0.29) is 5.38 Å². The summed E-state index contributed by atoms with van der Waals surface area (Å²) in [7, 11) is 0. The number of rotatable bonds is 3. The second kappa shape index (κ2) is 4.62. The van der Waals surface area contributed by atoms with Crippen molar-refractivity contribution in [1.29, 1.82) is 0 Å². The van der Waals surface area contributed by atoms with Gasteiger partial charge in [-0.15, -0.1) is 16.7 Å². The Labute approximate surface area is 101 Å². The van der Waals surface area contributed by atoms with Gasteiger partial charge in [-0.1, -0.05) is 18.9 Å². The SMILES string of the molecule is CC(Cl)c1nnc(NC2CCC(C)C2C)o1. The van der Waals surface area contributed by atoms with Crippen molar-refractivity contribution in [2.24, 2.45) is 11.8 Å². The molecule has 5 heteroatoms. The molecule has 1 heterocycles. The van der Waals surface area contributed by atoms with Crippen LogP contribution in [0.2, 0.25) is 0 Å². The molecule has 0 saturated heterocycles. The number of halogens is 1. The molecule has 1 aliphatic rings. The molecule has 0 radical (unpaired) electrons. The van der Waals surface area contributed by atoms with E-state index >= 15 is 0 Å². The molecule has 1 N–H and O–H groups in total. The summed E-state index contributed by atoms with van der Waals surface area (Å²) in [6, 6.07) is 0.933. The van der Waals surface area contributed by atoms with Crippen LogP contribution in [0.5, 0.6) is 0 Å². The molecule has 0 bridgehead atoms. The molecule has 2 rings (SSSR count). The summed E-state index contributed by atoms with van der Waals surface area (Å²) in [4.78, 5) is 0. The minimum atomic E-state index is -0.233. The van der Waals surface area contributed by atoms with Gasteiger partial charge in [0.2, 0.25) is 5.89 Å². The summed E-state index contributed by atoms with van der Waals surface area (Å²) < 4.78 is 5.43. The highest BCUT2D eigenvalue weighted by molar-refractivity contribution is 6.20. The van der Waals surface area contributed by atoms with Crippen LogP contribution in [-0.4, -0.2) is 16.2 Å². The average Bonchev–Trinajstić information content (AvgIpc) is 2.81. The predicted octanol–water partition coefficient (Wildman–Crippen LogP) is 3.22. The van der Waals surface area contributed by atoms with Gasteiger partial charge in [-0.2, -0.15) is 0 Å². The predicted molar refractivity (Wildman–Crippen MR) is 63.5 cm³/mol. The maximum atomic E-state index is 5.86. The molecule has 1 fully saturated rings. The lowest BCUT2D eigenvalue weighted by Crippen LogP contribution is -2.24. The molecular formula is C11H18ClN3O. The van der Waals surface area contributed by atoms with Gasteiger partial charge in [-0.3, -0.25) is 0 Å². The Kier molecular flexibility index (Phi) is 3.38. The fourth-order valence-electron chi connectivity index (χ4n) is 2.18. The highest BCUT2D eigenvalue weighted by atomic mass is 35.5. The standard InChI is InChI=1S/C11H18ClN3O/c1-6-4-5-9(7(6)2)13-11-15-14-10(16-11)8(3)12/h6-9H,4-5H2,1-3H3,(H,13,15). The van der Waals surface area contributed by atoms with Crippen LogP contribution in [0.1, 0.15) is 44.9 Å². The van der Waals surface area contributed by atoms with E-state index in [2.05, 4.69) is 29.4 Å². The van der Waals surface area contributed by atoms with Gasteiger partial charge >= 0.3 is 6.01 Å². The summed E-state index contributed by atoms with van der Waals surface area (Å²) in [6.07, 6.45) is 2.42. The molecule has 1 aromatic heterocycles. The third kappa shape index (κ3) is 2.32. The number of hydrogen-bond donors (Lipinski definition) is 1. The van der Waals surface area contributed by atoms with Crippen LogP contribution in [-0.2, 0) is 0 Å². The van der Waals surface area contributed by atoms with Gasteiger partial charge in [-0.25, -0.2) is 0 Å². The first-order valence-electron chi connectivity index (χ1n) is 5.82. The molecule has 0 spiro atoms. The molecule has 1 aliphatic carbocycles. The van der Waals surface area contributed by atoms with Crippen LogP contribution in [0, 0.1) is 11.8 Å². The van der Waals surface area contributed by atoms with E-state index in [9.17, 15) is 0 Å². The number of nitrogens with one attached hydrogen (secondary N) is 1. The summed E-state index contributed by atoms with van der Waals surface area (Å²) in [5.41, 5.74) is 0. The van der Waals surface area contributed by atoms with Gasteiger partial charge < -0.3 is 9.73 Å². The number of aromatic nitrogens is 2. The molecule has 0 aliphatic heterocycles. The molecule has 16 heavy (non-hydrogen) atoms. The number of nitrogens with zero attached hydrogens (tertiary/aromatic N) is 2. The minimum absolute atomic E-state index is 0.233. The Morgan fingerprint density at radius 1 is 1.38 bits per heavy atom. The van der Waals surface area contributed by atoms with Gasteiger partial charge in [-0.05, 0) is 31.6 Å². The molecule has 4 nitrogen and oxygen atoms in total. The molecule has 1 saturated carbocycles.